The van der Waals surface area contributed by atoms with Crippen LogP contribution in [0.4, 0.5) is 0 Å². The lowest BCUT2D eigenvalue weighted by Gasteiger charge is -1.92. The normalized spacial score (nSPS) is 10.9. The van der Waals surface area contributed by atoms with Gasteiger partial charge in [-0.3, -0.25) is 0 Å². The Labute approximate surface area is 124 Å². The third kappa shape index (κ3) is 2.37. The van der Waals surface area contributed by atoms with Crippen molar-refractivity contribution in [3.05, 3.63) is 54.6 Å². The summed E-state index contributed by atoms with van der Waals surface area (Å²) in [4.78, 5) is 5.65. The maximum absolute atomic E-state index is 5.20. The van der Waals surface area contributed by atoms with Gasteiger partial charge < -0.3 is 8.94 Å². The van der Waals surface area contributed by atoms with E-state index in [9.17, 15) is 0 Å². The van der Waals surface area contributed by atoms with Gasteiger partial charge in [0, 0.05) is 5.56 Å². The molecule has 4 aromatic rings. The highest BCUT2D eigenvalue weighted by Crippen LogP contribution is 2.17. The van der Waals surface area contributed by atoms with Gasteiger partial charge in [-0.25, -0.2) is 0 Å². The number of hydrogen-bond acceptors (Lipinski definition) is 7. The molecular formula is C14H10N6O2. The number of tetrazole rings is 1. The van der Waals surface area contributed by atoms with Crippen LogP contribution in [0, 0.1) is 0 Å². The summed E-state index contributed by atoms with van der Waals surface area (Å²) in [5, 5.41) is 16.2. The summed E-state index contributed by atoms with van der Waals surface area (Å²) in [5.74, 6) is 1.84. The summed E-state index contributed by atoms with van der Waals surface area (Å²) in [5.41, 5.74) is 0.901. The summed E-state index contributed by atoms with van der Waals surface area (Å²) >= 11 is 0. The Kier molecular flexibility index (Phi) is 2.97. The van der Waals surface area contributed by atoms with Gasteiger partial charge in [0.2, 0.25) is 5.82 Å². The van der Waals surface area contributed by atoms with E-state index >= 15 is 0 Å². The quantitative estimate of drug-likeness (QED) is 0.568. The average Bonchev–Trinajstić information content (AvgIpc) is 3.30. The van der Waals surface area contributed by atoms with Crippen molar-refractivity contribution in [2.75, 3.05) is 0 Å². The van der Waals surface area contributed by atoms with E-state index in [4.69, 9.17) is 8.94 Å². The number of nitrogens with zero attached hydrogens (tertiary/aromatic N) is 6. The minimum absolute atomic E-state index is 0.268. The van der Waals surface area contributed by atoms with E-state index in [0.29, 0.717) is 23.3 Å². The van der Waals surface area contributed by atoms with E-state index in [1.54, 1.807) is 18.4 Å². The number of rotatable bonds is 4. The van der Waals surface area contributed by atoms with Crippen LogP contribution < -0.4 is 0 Å². The molecule has 0 N–H and O–H groups in total. The molecule has 0 saturated heterocycles. The molecule has 0 atom stereocenters. The fraction of sp³-hybridized carbons (Fsp3) is 0.0714. The largest absolute Gasteiger partial charge is 0.459 e. The van der Waals surface area contributed by atoms with Crippen molar-refractivity contribution < 1.29 is 8.94 Å². The maximum atomic E-state index is 5.20. The van der Waals surface area contributed by atoms with Gasteiger partial charge in [-0.2, -0.15) is 9.78 Å². The van der Waals surface area contributed by atoms with E-state index < -0.39 is 0 Å². The molecule has 0 radical (unpaired) electrons. The lowest BCUT2D eigenvalue weighted by molar-refractivity contribution is 0.403. The second-order valence-corrected chi connectivity index (χ2v) is 4.50. The first-order valence-corrected chi connectivity index (χ1v) is 6.58. The predicted molar refractivity (Wildman–Crippen MR) is 74.4 cm³/mol. The SMILES string of the molecule is c1ccc(-c2nnn(Cc3noc(-c4ccco4)n3)n2)cc1. The van der Waals surface area contributed by atoms with Crippen LogP contribution in [-0.4, -0.2) is 30.3 Å². The van der Waals surface area contributed by atoms with Crippen molar-refractivity contribution in [2.45, 2.75) is 6.54 Å². The van der Waals surface area contributed by atoms with Crippen molar-refractivity contribution >= 4 is 0 Å². The molecule has 0 fully saturated rings. The summed E-state index contributed by atoms with van der Waals surface area (Å²) < 4.78 is 10.3. The minimum Gasteiger partial charge on any atom is -0.459 e. The Morgan fingerprint density at radius 2 is 1.95 bits per heavy atom. The van der Waals surface area contributed by atoms with Gasteiger partial charge in [0.05, 0.1) is 6.26 Å². The average molecular weight is 294 g/mol. The van der Waals surface area contributed by atoms with Crippen molar-refractivity contribution in [1.29, 1.82) is 0 Å². The highest BCUT2D eigenvalue weighted by atomic mass is 16.5. The maximum Gasteiger partial charge on any atom is 0.293 e. The van der Waals surface area contributed by atoms with Crippen LogP contribution in [0.2, 0.25) is 0 Å². The van der Waals surface area contributed by atoms with Crippen LogP contribution in [0.3, 0.4) is 0 Å². The molecule has 108 valence electrons. The third-order valence-corrected chi connectivity index (χ3v) is 2.97. The zero-order valence-electron chi connectivity index (χ0n) is 11.3. The van der Waals surface area contributed by atoms with Crippen molar-refractivity contribution in [2.24, 2.45) is 0 Å². The lowest BCUT2D eigenvalue weighted by atomic mass is 10.2. The van der Waals surface area contributed by atoms with Crippen molar-refractivity contribution in [3.63, 3.8) is 0 Å². The minimum atomic E-state index is 0.268. The predicted octanol–water partition coefficient (Wildman–Crippen LogP) is 2.03. The molecule has 1 aromatic carbocycles. The van der Waals surface area contributed by atoms with Crippen LogP contribution in [0.25, 0.3) is 23.0 Å². The van der Waals surface area contributed by atoms with E-state index in [-0.39, 0.29) is 6.54 Å². The molecule has 3 aromatic heterocycles. The molecule has 0 spiro atoms. The summed E-state index contributed by atoms with van der Waals surface area (Å²) in [6, 6.07) is 13.1. The molecule has 0 aliphatic rings. The highest BCUT2D eigenvalue weighted by Gasteiger charge is 2.13. The van der Waals surface area contributed by atoms with Gasteiger partial charge in [0.1, 0.15) is 6.54 Å². The van der Waals surface area contributed by atoms with Crippen molar-refractivity contribution in [3.8, 4) is 23.0 Å². The van der Waals surface area contributed by atoms with Gasteiger partial charge in [-0.15, -0.1) is 10.2 Å². The molecular weight excluding hydrogens is 284 g/mol. The Bertz CT molecular complexity index is 866. The van der Waals surface area contributed by atoms with Gasteiger partial charge >= 0.3 is 0 Å². The Hall–Kier alpha value is -3.29. The van der Waals surface area contributed by atoms with Crippen molar-refractivity contribution in [1.82, 2.24) is 30.3 Å². The Morgan fingerprint density at radius 3 is 2.77 bits per heavy atom. The van der Waals surface area contributed by atoms with E-state index in [1.807, 2.05) is 30.3 Å². The monoisotopic (exact) mass is 294 g/mol. The van der Waals surface area contributed by atoms with Crippen LogP contribution in [0.15, 0.2) is 57.7 Å². The molecule has 0 saturated carbocycles. The molecule has 0 aliphatic carbocycles. The molecule has 8 nitrogen and oxygen atoms in total. The first-order valence-electron chi connectivity index (χ1n) is 6.58. The van der Waals surface area contributed by atoms with E-state index in [2.05, 4.69) is 25.6 Å². The van der Waals surface area contributed by atoms with Gasteiger partial charge in [-0.05, 0) is 17.3 Å². The summed E-state index contributed by atoms with van der Waals surface area (Å²) in [6.45, 7) is 0.268. The van der Waals surface area contributed by atoms with Crippen LogP contribution in [-0.2, 0) is 6.54 Å². The fourth-order valence-electron chi connectivity index (χ4n) is 1.96. The molecule has 0 bridgehead atoms. The van der Waals surface area contributed by atoms with Crippen LogP contribution >= 0.6 is 0 Å². The Balaban J connectivity index is 1.54. The first kappa shape index (κ1) is 12.5. The molecule has 8 heteroatoms. The first-order chi connectivity index (χ1) is 10.9. The third-order valence-electron chi connectivity index (χ3n) is 2.97. The van der Waals surface area contributed by atoms with Crippen LogP contribution in [0.5, 0.6) is 0 Å². The second kappa shape index (κ2) is 5.24. The van der Waals surface area contributed by atoms with Gasteiger partial charge in [0.25, 0.3) is 5.89 Å². The highest BCUT2D eigenvalue weighted by molar-refractivity contribution is 5.52. The second-order valence-electron chi connectivity index (χ2n) is 4.50. The smallest absolute Gasteiger partial charge is 0.293 e. The van der Waals surface area contributed by atoms with Gasteiger partial charge in [-0.1, -0.05) is 35.5 Å². The molecule has 4 rings (SSSR count). The number of furan rings is 1. The summed E-state index contributed by atoms with van der Waals surface area (Å²) in [7, 11) is 0. The molecule has 0 aliphatic heterocycles. The number of aromatic nitrogens is 6. The number of benzene rings is 1. The van der Waals surface area contributed by atoms with Gasteiger partial charge in [0.15, 0.2) is 11.6 Å². The molecule has 0 unspecified atom stereocenters. The zero-order valence-corrected chi connectivity index (χ0v) is 11.3. The standard InChI is InChI=1S/C14H10N6O2/c1-2-5-10(6-3-1)13-16-19-20(17-13)9-12-15-14(22-18-12)11-7-4-8-21-11/h1-8H,9H2. The fourth-order valence-corrected chi connectivity index (χ4v) is 1.96. The van der Waals surface area contributed by atoms with E-state index in [1.165, 1.54) is 4.80 Å². The molecule has 0 amide bonds. The Morgan fingerprint density at radius 1 is 1.05 bits per heavy atom. The molecule has 3 heterocycles. The summed E-state index contributed by atoms with van der Waals surface area (Å²) in [6.07, 6.45) is 1.55. The zero-order chi connectivity index (χ0) is 14.8. The van der Waals surface area contributed by atoms with Crippen LogP contribution in [0.1, 0.15) is 5.82 Å². The molecule has 22 heavy (non-hydrogen) atoms. The topological polar surface area (TPSA) is 95.7 Å². The van der Waals surface area contributed by atoms with E-state index in [0.717, 1.165) is 5.56 Å². The lowest BCUT2D eigenvalue weighted by Crippen LogP contribution is -2.05. The number of hydrogen-bond donors (Lipinski definition) is 0.